The summed E-state index contributed by atoms with van der Waals surface area (Å²) in [4.78, 5) is 12.9. The molecule has 0 spiro atoms. The lowest BCUT2D eigenvalue weighted by molar-refractivity contribution is 0.0935. The topological polar surface area (TPSA) is 41.1 Å². The van der Waals surface area contributed by atoms with Gasteiger partial charge in [-0.15, -0.1) is 22.7 Å². The van der Waals surface area contributed by atoms with E-state index in [2.05, 4.69) is 22.1 Å². The number of carbonyl (C=O) groups excluding carboxylic acids is 1. The molecule has 0 saturated carbocycles. The molecule has 0 aliphatic carbocycles. The Labute approximate surface area is 108 Å². The van der Waals surface area contributed by atoms with Crippen molar-refractivity contribution in [1.29, 1.82) is 0 Å². The Bertz CT molecular complexity index is 497. The largest absolute Gasteiger partial charge is 0.347 e. The van der Waals surface area contributed by atoms with Crippen LogP contribution in [-0.4, -0.2) is 25.0 Å². The summed E-state index contributed by atoms with van der Waals surface area (Å²) in [6, 6.07) is 4.36. The molecule has 0 bridgehead atoms. The number of carbonyl (C=O) groups is 1. The second-order valence-electron chi connectivity index (χ2n) is 4.28. The van der Waals surface area contributed by atoms with Crippen molar-refractivity contribution in [3.8, 4) is 0 Å². The van der Waals surface area contributed by atoms with Gasteiger partial charge in [0.2, 0.25) is 0 Å². The van der Waals surface area contributed by atoms with E-state index in [4.69, 9.17) is 0 Å². The Balaban J connectivity index is 1.71. The van der Waals surface area contributed by atoms with Gasteiger partial charge in [-0.2, -0.15) is 0 Å². The Morgan fingerprint density at radius 1 is 1.47 bits per heavy atom. The molecule has 2 N–H and O–H groups in total. The van der Waals surface area contributed by atoms with Crippen molar-refractivity contribution in [1.82, 2.24) is 10.6 Å². The van der Waals surface area contributed by atoms with Crippen LogP contribution in [0.2, 0.25) is 0 Å². The van der Waals surface area contributed by atoms with Crippen LogP contribution in [0.25, 0.3) is 9.40 Å². The Kier molecular flexibility index (Phi) is 3.13. The first-order valence-corrected chi connectivity index (χ1v) is 7.51. The standard InChI is InChI=1S/C12H14N2OS2/c15-12(14-8-2-1-4-13-7-8)11-6-10-9(17-11)3-5-16-10/h3,5-6,8,13H,1-2,4,7H2,(H,14,15)/t8-/m0/s1. The fourth-order valence-electron chi connectivity index (χ4n) is 2.11. The van der Waals surface area contributed by atoms with Crippen molar-refractivity contribution in [2.45, 2.75) is 18.9 Å². The summed E-state index contributed by atoms with van der Waals surface area (Å²) in [6.07, 6.45) is 2.23. The molecule has 2 aromatic rings. The predicted molar refractivity (Wildman–Crippen MR) is 73.1 cm³/mol. The van der Waals surface area contributed by atoms with Gasteiger partial charge in [-0.1, -0.05) is 0 Å². The lowest BCUT2D eigenvalue weighted by atomic mass is 10.1. The van der Waals surface area contributed by atoms with Gasteiger partial charge in [-0.3, -0.25) is 4.79 Å². The van der Waals surface area contributed by atoms with Gasteiger partial charge in [0.1, 0.15) is 0 Å². The molecule has 0 unspecified atom stereocenters. The molecular formula is C12H14N2OS2. The van der Waals surface area contributed by atoms with Crippen LogP contribution in [0.4, 0.5) is 0 Å². The Hall–Kier alpha value is -0.910. The van der Waals surface area contributed by atoms with E-state index in [1.54, 1.807) is 22.7 Å². The van der Waals surface area contributed by atoms with Crippen molar-refractivity contribution < 1.29 is 4.79 Å². The van der Waals surface area contributed by atoms with E-state index in [0.29, 0.717) is 0 Å². The lowest BCUT2D eigenvalue weighted by Crippen LogP contribution is -2.45. The minimum Gasteiger partial charge on any atom is -0.347 e. The van der Waals surface area contributed by atoms with Gasteiger partial charge in [-0.25, -0.2) is 0 Å². The maximum absolute atomic E-state index is 12.1. The summed E-state index contributed by atoms with van der Waals surface area (Å²) in [6.45, 7) is 1.96. The van der Waals surface area contributed by atoms with Crippen LogP contribution in [0, 0.1) is 0 Å². The average Bonchev–Trinajstić information content (AvgIpc) is 2.90. The van der Waals surface area contributed by atoms with E-state index >= 15 is 0 Å². The van der Waals surface area contributed by atoms with Crippen LogP contribution in [0.5, 0.6) is 0 Å². The van der Waals surface area contributed by atoms with Gasteiger partial charge in [0.15, 0.2) is 0 Å². The zero-order valence-corrected chi connectivity index (χ0v) is 11.0. The minimum atomic E-state index is 0.0760. The molecular weight excluding hydrogens is 252 g/mol. The van der Waals surface area contributed by atoms with Crippen LogP contribution in [0.3, 0.4) is 0 Å². The predicted octanol–water partition coefficient (Wildman–Crippen LogP) is 2.44. The van der Waals surface area contributed by atoms with Gasteiger partial charge in [0.05, 0.1) is 4.88 Å². The molecule has 1 aliphatic rings. The van der Waals surface area contributed by atoms with Crippen LogP contribution >= 0.6 is 22.7 Å². The summed E-state index contributed by atoms with van der Waals surface area (Å²) in [5.41, 5.74) is 0. The lowest BCUT2D eigenvalue weighted by Gasteiger charge is -2.23. The fourth-order valence-corrected chi connectivity index (χ4v) is 4.12. The highest BCUT2D eigenvalue weighted by atomic mass is 32.1. The van der Waals surface area contributed by atoms with E-state index in [1.807, 2.05) is 6.07 Å². The quantitative estimate of drug-likeness (QED) is 0.876. The number of hydrogen-bond acceptors (Lipinski definition) is 4. The molecule has 3 rings (SSSR count). The molecule has 1 amide bonds. The minimum absolute atomic E-state index is 0.0760. The smallest absolute Gasteiger partial charge is 0.261 e. The maximum atomic E-state index is 12.1. The molecule has 5 heteroatoms. The Morgan fingerprint density at radius 2 is 2.41 bits per heavy atom. The molecule has 1 saturated heterocycles. The summed E-state index contributed by atoms with van der Waals surface area (Å²) >= 11 is 3.27. The molecule has 1 aliphatic heterocycles. The first kappa shape index (κ1) is 11.2. The highest BCUT2D eigenvalue weighted by Gasteiger charge is 2.17. The van der Waals surface area contributed by atoms with Gasteiger partial charge < -0.3 is 10.6 Å². The molecule has 17 heavy (non-hydrogen) atoms. The monoisotopic (exact) mass is 266 g/mol. The molecule has 3 heterocycles. The average molecular weight is 266 g/mol. The first-order chi connectivity index (χ1) is 8.33. The van der Waals surface area contributed by atoms with E-state index in [9.17, 15) is 4.79 Å². The fraction of sp³-hybridized carbons (Fsp3) is 0.417. The van der Waals surface area contributed by atoms with Gasteiger partial charge in [-0.05, 0) is 36.9 Å². The van der Waals surface area contributed by atoms with Crippen LogP contribution in [-0.2, 0) is 0 Å². The van der Waals surface area contributed by atoms with Crippen LogP contribution in [0.15, 0.2) is 17.5 Å². The van der Waals surface area contributed by atoms with Gasteiger partial charge in [0, 0.05) is 22.0 Å². The summed E-state index contributed by atoms with van der Waals surface area (Å²) in [7, 11) is 0. The first-order valence-electron chi connectivity index (χ1n) is 5.81. The molecule has 90 valence electrons. The highest BCUT2D eigenvalue weighted by molar-refractivity contribution is 7.27. The summed E-state index contributed by atoms with van der Waals surface area (Å²) in [5, 5.41) is 8.47. The van der Waals surface area contributed by atoms with E-state index in [-0.39, 0.29) is 11.9 Å². The highest BCUT2D eigenvalue weighted by Crippen LogP contribution is 2.29. The molecule has 3 nitrogen and oxygen atoms in total. The number of amides is 1. The molecule has 0 radical (unpaired) electrons. The normalized spacial score (nSPS) is 20.6. The molecule has 1 fully saturated rings. The number of fused-ring (bicyclic) bond motifs is 1. The van der Waals surface area contributed by atoms with E-state index in [0.717, 1.165) is 30.8 Å². The van der Waals surface area contributed by atoms with Crippen molar-refractivity contribution >= 4 is 38.0 Å². The number of rotatable bonds is 2. The van der Waals surface area contributed by atoms with Crippen LogP contribution < -0.4 is 10.6 Å². The van der Waals surface area contributed by atoms with Crippen molar-refractivity contribution in [2.75, 3.05) is 13.1 Å². The SMILES string of the molecule is O=C(N[C@H]1CCCNC1)c1cc2sccc2s1. The third kappa shape index (κ3) is 2.36. The molecule has 0 aromatic carbocycles. The zero-order valence-electron chi connectivity index (χ0n) is 9.36. The molecule has 1 atom stereocenters. The number of thiophene rings is 2. The molecule has 2 aromatic heterocycles. The van der Waals surface area contributed by atoms with Gasteiger partial charge >= 0.3 is 0 Å². The third-order valence-corrected chi connectivity index (χ3v) is 5.09. The van der Waals surface area contributed by atoms with E-state index in [1.165, 1.54) is 9.40 Å². The summed E-state index contributed by atoms with van der Waals surface area (Å²) < 4.78 is 2.42. The van der Waals surface area contributed by atoms with Crippen molar-refractivity contribution in [3.63, 3.8) is 0 Å². The van der Waals surface area contributed by atoms with Crippen LogP contribution in [0.1, 0.15) is 22.5 Å². The zero-order chi connectivity index (χ0) is 11.7. The van der Waals surface area contributed by atoms with Crippen molar-refractivity contribution in [3.05, 3.63) is 22.4 Å². The number of hydrogen-bond donors (Lipinski definition) is 2. The Morgan fingerprint density at radius 3 is 3.18 bits per heavy atom. The van der Waals surface area contributed by atoms with Gasteiger partial charge in [0.25, 0.3) is 5.91 Å². The third-order valence-electron chi connectivity index (χ3n) is 3.00. The van der Waals surface area contributed by atoms with E-state index < -0.39 is 0 Å². The summed E-state index contributed by atoms with van der Waals surface area (Å²) in [5.74, 6) is 0.0760. The second-order valence-corrected chi connectivity index (χ2v) is 6.31. The van der Waals surface area contributed by atoms with Crippen molar-refractivity contribution in [2.24, 2.45) is 0 Å². The number of piperidine rings is 1. The second kappa shape index (κ2) is 4.76. The number of nitrogens with one attached hydrogen (secondary N) is 2. The maximum Gasteiger partial charge on any atom is 0.261 e.